The van der Waals surface area contributed by atoms with Gasteiger partial charge in [-0.1, -0.05) is 11.6 Å². The van der Waals surface area contributed by atoms with Crippen molar-refractivity contribution in [2.24, 2.45) is 5.92 Å². The maximum atomic E-state index is 9.22. The molecule has 1 aromatic heterocycles. The lowest BCUT2D eigenvalue weighted by Crippen LogP contribution is -2.37. The molecule has 0 radical (unpaired) electrons. The van der Waals surface area contributed by atoms with E-state index in [1.807, 2.05) is 14.0 Å². The maximum Gasteiger partial charge on any atom is 0.134 e. The predicted octanol–water partition coefficient (Wildman–Crippen LogP) is 1.65. The summed E-state index contributed by atoms with van der Waals surface area (Å²) in [6.45, 7) is 2.74. The first-order valence-electron chi connectivity index (χ1n) is 5.45. The van der Waals surface area contributed by atoms with E-state index in [0.29, 0.717) is 16.9 Å². The van der Waals surface area contributed by atoms with Crippen molar-refractivity contribution in [2.75, 3.05) is 18.5 Å². The first-order chi connectivity index (χ1) is 7.54. The SMILES string of the molecule is Cc1nc(Cl)cc(N(C)CC2CC(O)C2)n1. The Morgan fingerprint density at radius 3 is 2.75 bits per heavy atom. The number of aliphatic hydroxyl groups excluding tert-OH is 1. The molecule has 0 unspecified atom stereocenters. The summed E-state index contributed by atoms with van der Waals surface area (Å²) in [5.41, 5.74) is 0. The number of hydrogen-bond donors (Lipinski definition) is 1. The summed E-state index contributed by atoms with van der Waals surface area (Å²) in [6.07, 6.45) is 1.68. The van der Waals surface area contributed by atoms with E-state index >= 15 is 0 Å². The molecule has 1 fully saturated rings. The largest absolute Gasteiger partial charge is 0.393 e. The lowest BCUT2D eigenvalue weighted by atomic mass is 9.82. The van der Waals surface area contributed by atoms with Crippen molar-refractivity contribution < 1.29 is 5.11 Å². The molecular formula is C11H16ClN3O. The van der Waals surface area contributed by atoms with Gasteiger partial charge in [-0.25, -0.2) is 9.97 Å². The number of nitrogens with zero attached hydrogens (tertiary/aromatic N) is 3. The molecule has 0 atom stereocenters. The van der Waals surface area contributed by atoms with Crippen LogP contribution in [-0.2, 0) is 0 Å². The van der Waals surface area contributed by atoms with Gasteiger partial charge in [0.25, 0.3) is 0 Å². The van der Waals surface area contributed by atoms with Gasteiger partial charge in [0, 0.05) is 19.7 Å². The fraction of sp³-hybridized carbons (Fsp3) is 0.636. The van der Waals surface area contributed by atoms with E-state index in [1.165, 1.54) is 0 Å². The third-order valence-corrected chi connectivity index (χ3v) is 3.12. The molecule has 1 aliphatic rings. The zero-order valence-electron chi connectivity index (χ0n) is 9.52. The van der Waals surface area contributed by atoms with Gasteiger partial charge in [-0.15, -0.1) is 0 Å². The Kier molecular flexibility index (Phi) is 3.30. The van der Waals surface area contributed by atoms with Crippen molar-refractivity contribution in [1.82, 2.24) is 9.97 Å². The number of aliphatic hydroxyl groups is 1. The molecule has 0 amide bonds. The van der Waals surface area contributed by atoms with E-state index in [9.17, 15) is 5.11 Å². The summed E-state index contributed by atoms with van der Waals surface area (Å²) in [4.78, 5) is 10.4. The van der Waals surface area contributed by atoms with Crippen LogP contribution in [0.2, 0.25) is 5.15 Å². The lowest BCUT2D eigenvalue weighted by Gasteiger charge is -2.34. The van der Waals surface area contributed by atoms with Gasteiger partial charge in [0.2, 0.25) is 0 Å². The third kappa shape index (κ3) is 2.62. The molecule has 88 valence electrons. The summed E-state index contributed by atoms with van der Waals surface area (Å²) in [5.74, 6) is 2.09. The zero-order valence-corrected chi connectivity index (χ0v) is 10.3. The highest BCUT2D eigenvalue weighted by atomic mass is 35.5. The van der Waals surface area contributed by atoms with Crippen LogP contribution in [0.25, 0.3) is 0 Å². The fourth-order valence-electron chi connectivity index (χ4n) is 2.04. The molecule has 1 saturated carbocycles. The van der Waals surface area contributed by atoms with E-state index in [-0.39, 0.29) is 6.10 Å². The summed E-state index contributed by atoms with van der Waals surface area (Å²) >= 11 is 5.88. The average molecular weight is 242 g/mol. The predicted molar refractivity (Wildman–Crippen MR) is 63.8 cm³/mol. The van der Waals surface area contributed by atoms with Gasteiger partial charge < -0.3 is 10.0 Å². The van der Waals surface area contributed by atoms with E-state index < -0.39 is 0 Å². The molecule has 0 aromatic carbocycles. The molecular weight excluding hydrogens is 226 g/mol. The van der Waals surface area contributed by atoms with Crippen LogP contribution in [0.15, 0.2) is 6.07 Å². The smallest absolute Gasteiger partial charge is 0.134 e. The van der Waals surface area contributed by atoms with Gasteiger partial charge in [0.15, 0.2) is 0 Å². The molecule has 4 nitrogen and oxygen atoms in total. The number of hydrogen-bond acceptors (Lipinski definition) is 4. The summed E-state index contributed by atoms with van der Waals surface area (Å²) in [5, 5.41) is 9.70. The second-order valence-corrected chi connectivity index (χ2v) is 4.86. The second-order valence-electron chi connectivity index (χ2n) is 4.47. The fourth-order valence-corrected chi connectivity index (χ4v) is 2.26. The van der Waals surface area contributed by atoms with E-state index in [2.05, 4.69) is 14.9 Å². The van der Waals surface area contributed by atoms with Crippen LogP contribution < -0.4 is 4.90 Å². The molecule has 5 heteroatoms. The van der Waals surface area contributed by atoms with Crippen LogP contribution in [0.3, 0.4) is 0 Å². The Hall–Kier alpha value is -0.870. The van der Waals surface area contributed by atoms with Crippen LogP contribution in [0.4, 0.5) is 5.82 Å². The van der Waals surface area contributed by atoms with Gasteiger partial charge in [0.1, 0.15) is 16.8 Å². The molecule has 2 rings (SSSR count). The Labute approximate surface area is 100 Å². The average Bonchev–Trinajstić information content (AvgIpc) is 2.13. The molecule has 0 bridgehead atoms. The highest BCUT2D eigenvalue weighted by Crippen LogP contribution is 2.28. The highest BCUT2D eigenvalue weighted by Gasteiger charge is 2.28. The minimum atomic E-state index is -0.103. The van der Waals surface area contributed by atoms with E-state index in [0.717, 1.165) is 25.2 Å². The Bertz CT molecular complexity index is 359. The quantitative estimate of drug-likeness (QED) is 0.818. The van der Waals surface area contributed by atoms with E-state index in [1.54, 1.807) is 6.07 Å². The van der Waals surface area contributed by atoms with Gasteiger partial charge in [-0.3, -0.25) is 0 Å². The summed E-state index contributed by atoms with van der Waals surface area (Å²) in [7, 11) is 1.99. The number of aromatic nitrogens is 2. The van der Waals surface area contributed by atoms with Crippen LogP contribution >= 0.6 is 11.6 Å². The number of rotatable bonds is 3. The van der Waals surface area contributed by atoms with Crippen LogP contribution in [0.5, 0.6) is 0 Å². The van der Waals surface area contributed by atoms with Crippen molar-refractivity contribution in [1.29, 1.82) is 0 Å². The monoisotopic (exact) mass is 241 g/mol. The van der Waals surface area contributed by atoms with Crippen LogP contribution in [0.1, 0.15) is 18.7 Å². The van der Waals surface area contributed by atoms with Gasteiger partial charge in [-0.2, -0.15) is 0 Å². The first-order valence-corrected chi connectivity index (χ1v) is 5.83. The third-order valence-electron chi connectivity index (χ3n) is 2.93. The second kappa shape index (κ2) is 4.55. The Balaban J connectivity index is 2.00. The van der Waals surface area contributed by atoms with Gasteiger partial charge in [-0.05, 0) is 25.7 Å². The standard InChI is InChI=1S/C11H16ClN3O/c1-7-13-10(12)5-11(14-7)15(2)6-8-3-9(16)4-8/h5,8-9,16H,3-4,6H2,1-2H3. The van der Waals surface area contributed by atoms with Crippen LogP contribution in [0, 0.1) is 12.8 Å². The maximum absolute atomic E-state index is 9.22. The number of halogens is 1. The minimum absolute atomic E-state index is 0.103. The zero-order chi connectivity index (χ0) is 11.7. The van der Waals surface area contributed by atoms with Gasteiger partial charge in [0.05, 0.1) is 6.10 Å². The van der Waals surface area contributed by atoms with Crippen molar-refractivity contribution in [3.8, 4) is 0 Å². The molecule has 1 aromatic rings. The molecule has 1 heterocycles. The van der Waals surface area contributed by atoms with Crippen LogP contribution in [-0.4, -0.2) is 34.8 Å². The van der Waals surface area contributed by atoms with Crippen molar-refractivity contribution in [3.05, 3.63) is 17.0 Å². The highest BCUT2D eigenvalue weighted by molar-refractivity contribution is 6.29. The molecule has 0 saturated heterocycles. The van der Waals surface area contributed by atoms with Crippen molar-refractivity contribution in [2.45, 2.75) is 25.9 Å². The first kappa shape index (κ1) is 11.6. The van der Waals surface area contributed by atoms with Crippen molar-refractivity contribution in [3.63, 3.8) is 0 Å². The number of anilines is 1. The minimum Gasteiger partial charge on any atom is -0.393 e. The molecule has 1 N–H and O–H groups in total. The van der Waals surface area contributed by atoms with Gasteiger partial charge >= 0.3 is 0 Å². The topological polar surface area (TPSA) is 49.2 Å². The Morgan fingerprint density at radius 2 is 2.19 bits per heavy atom. The summed E-state index contributed by atoms with van der Waals surface area (Å²) < 4.78 is 0. The molecule has 0 spiro atoms. The summed E-state index contributed by atoms with van der Waals surface area (Å²) in [6, 6.07) is 1.77. The molecule has 1 aliphatic carbocycles. The number of aryl methyl sites for hydroxylation is 1. The normalized spacial score (nSPS) is 24.0. The van der Waals surface area contributed by atoms with Crippen molar-refractivity contribution >= 4 is 17.4 Å². The lowest BCUT2D eigenvalue weighted by molar-refractivity contribution is 0.0464. The Morgan fingerprint density at radius 1 is 1.50 bits per heavy atom. The molecule has 16 heavy (non-hydrogen) atoms. The van der Waals surface area contributed by atoms with E-state index in [4.69, 9.17) is 11.6 Å². The molecule has 0 aliphatic heterocycles.